The van der Waals surface area contributed by atoms with Gasteiger partial charge < -0.3 is 18.3 Å². The molecule has 0 spiro atoms. The second kappa shape index (κ2) is 8.27. The Morgan fingerprint density at radius 1 is 0.862 bits per heavy atom. The predicted molar refractivity (Wildman–Crippen MR) is 130 cm³/mol. The summed E-state index contributed by atoms with van der Waals surface area (Å²) in [6.07, 6.45) is 0.833. The van der Waals surface area contributed by atoms with Crippen molar-refractivity contribution >= 4 is 32.6 Å². The molecule has 0 aromatic carbocycles. The standard InChI is InChI=1S/C22H45BrO4Si2/c1-20(2,3)28(9,10)26-16-13-15(14-23)17-19(25-22(7,8)24-17)18(16)27-29(11,12)21(4,5)6/h15-19H,13-14H2,1-12H3/t15-,16-,17+,18+,19+/m0/s1. The lowest BCUT2D eigenvalue weighted by molar-refractivity contribution is -0.157. The van der Waals surface area contributed by atoms with Crippen LogP contribution in [0.3, 0.4) is 0 Å². The van der Waals surface area contributed by atoms with Gasteiger partial charge in [-0.2, -0.15) is 0 Å². The zero-order valence-corrected chi connectivity index (χ0v) is 24.4. The zero-order chi connectivity index (χ0) is 22.6. The fourth-order valence-corrected chi connectivity index (χ4v) is 6.99. The Bertz CT molecular complexity index is 580. The molecule has 1 heterocycles. The Kier molecular flexibility index (Phi) is 7.42. The first-order valence-corrected chi connectivity index (χ1v) is 18.0. The van der Waals surface area contributed by atoms with Crippen LogP contribution in [0.4, 0.5) is 0 Å². The van der Waals surface area contributed by atoms with Crippen molar-refractivity contribution in [2.24, 2.45) is 5.92 Å². The minimum Gasteiger partial charge on any atom is -0.411 e. The predicted octanol–water partition coefficient (Wildman–Crippen LogP) is 6.70. The lowest BCUT2D eigenvalue weighted by Gasteiger charge is -2.50. The average molecular weight is 510 g/mol. The molecule has 0 bridgehead atoms. The van der Waals surface area contributed by atoms with E-state index in [2.05, 4.69) is 83.7 Å². The van der Waals surface area contributed by atoms with E-state index in [4.69, 9.17) is 18.3 Å². The highest BCUT2D eigenvalue weighted by atomic mass is 79.9. The molecule has 29 heavy (non-hydrogen) atoms. The quantitative estimate of drug-likeness (QED) is 0.305. The molecule has 0 aromatic rings. The molecule has 1 aliphatic carbocycles. The summed E-state index contributed by atoms with van der Waals surface area (Å²) in [5.74, 6) is -0.229. The minimum atomic E-state index is -2.01. The largest absolute Gasteiger partial charge is 0.411 e. The Hall–Kier alpha value is 0.754. The van der Waals surface area contributed by atoms with Gasteiger partial charge in [0.2, 0.25) is 0 Å². The summed E-state index contributed by atoms with van der Waals surface area (Å²) in [6.45, 7) is 27.1. The van der Waals surface area contributed by atoms with Crippen molar-refractivity contribution in [1.82, 2.24) is 0 Å². The third-order valence-electron chi connectivity index (χ3n) is 7.54. The Morgan fingerprint density at radius 2 is 1.31 bits per heavy atom. The van der Waals surface area contributed by atoms with E-state index >= 15 is 0 Å². The van der Waals surface area contributed by atoms with Gasteiger partial charge in [0.1, 0.15) is 6.10 Å². The first-order chi connectivity index (χ1) is 12.8. The Morgan fingerprint density at radius 3 is 1.76 bits per heavy atom. The summed E-state index contributed by atoms with van der Waals surface area (Å²) >= 11 is 3.73. The third kappa shape index (κ3) is 5.58. The number of fused-ring (bicyclic) bond motifs is 1. The van der Waals surface area contributed by atoms with Crippen molar-refractivity contribution in [3.8, 4) is 0 Å². The van der Waals surface area contributed by atoms with E-state index in [0.717, 1.165) is 11.8 Å². The van der Waals surface area contributed by atoms with Gasteiger partial charge in [-0.05, 0) is 56.5 Å². The second-order valence-electron chi connectivity index (χ2n) is 12.5. The van der Waals surface area contributed by atoms with Crippen LogP contribution in [0.1, 0.15) is 61.8 Å². The van der Waals surface area contributed by atoms with Crippen molar-refractivity contribution in [2.75, 3.05) is 5.33 Å². The summed E-state index contributed by atoms with van der Waals surface area (Å²) in [7, 11) is -3.96. The molecule has 7 heteroatoms. The molecular weight excluding hydrogens is 464 g/mol. The maximum absolute atomic E-state index is 7.03. The highest BCUT2D eigenvalue weighted by Crippen LogP contribution is 2.48. The van der Waals surface area contributed by atoms with Gasteiger partial charge in [-0.3, -0.25) is 0 Å². The molecule has 2 fully saturated rings. The summed E-state index contributed by atoms with van der Waals surface area (Å²) in [4.78, 5) is 0. The van der Waals surface area contributed by atoms with Gasteiger partial charge >= 0.3 is 0 Å². The average Bonchev–Trinajstić information content (AvgIpc) is 2.82. The Balaban J connectivity index is 2.42. The molecular formula is C22H45BrO4Si2. The molecule has 5 atom stereocenters. The summed E-state index contributed by atoms with van der Waals surface area (Å²) < 4.78 is 26.9. The Labute approximate surface area is 190 Å². The van der Waals surface area contributed by atoms with Crippen LogP contribution >= 0.6 is 15.9 Å². The molecule has 2 aliphatic rings. The summed E-state index contributed by atoms with van der Waals surface area (Å²) in [6, 6.07) is 0. The van der Waals surface area contributed by atoms with Gasteiger partial charge in [0.25, 0.3) is 0 Å². The molecule has 1 saturated carbocycles. The van der Waals surface area contributed by atoms with Crippen LogP contribution in [-0.4, -0.2) is 52.2 Å². The van der Waals surface area contributed by atoms with E-state index in [1.54, 1.807) is 0 Å². The molecule has 172 valence electrons. The fourth-order valence-electron chi connectivity index (χ4n) is 3.70. The van der Waals surface area contributed by atoms with Crippen LogP contribution in [-0.2, 0) is 18.3 Å². The number of rotatable bonds is 5. The summed E-state index contributed by atoms with van der Waals surface area (Å²) in [5, 5.41) is 1.17. The fraction of sp³-hybridized carbons (Fsp3) is 1.00. The molecule has 0 N–H and O–H groups in total. The minimum absolute atomic E-state index is 0.0336. The molecule has 0 radical (unpaired) electrons. The van der Waals surface area contributed by atoms with Gasteiger partial charge in [0.05, 0.1) is 18.3 Å². The van der Waals surface area contributed by atoms with Crippen molar-refractivity contribution in [3.05, 3.63) is 0 Å². The number of alkyl halides is 1. The number of hydrogen-bond donors (Lipinski definition) is 0. The molecule has 0 aromatic heterocycles. The van der Waals surface area contributed by atoms with Crippen molar-refractivity contribution in [2.45, 2.75) is 128 Å². The van der Waals surface area contributed by atoms with Crippen LogP contribution in [0, 0.1) is 5.92 Å². The van der Waals surface area contributed by atoms with Gasteiger partial charge in [-0.1, -0.05) is 57.5 Å². The lowest BCUT2D eigenvalue weighted by atomic mass is 9.82. The van der Waals surface area contributed by atoms with Gasteiger partial charge in [-0.25, -0.2) is 0 Å². The first-order valence-electron chi connectivity index (χ1n) is 11.1. The van der Waals surface area contributed by atoms with E-state index in [1.807, 2.05) is 13.8 Å². The topological polar surface area (TPSA) is 36.9 Å². The monoisotopic (exact) mass is 508 g/mol. The van der Waals surface area contributed by atoms with Crippen LogP contribution in [0.25, 0.3) is 0 Å². The molecule has 2 rings (SSSR count). The molecule has 0 unspecified atom stereocenters. The van der Waals surface area contributed by atoms with E-state index in [9.17, 15) is 0 Å². The van der Waals surface area contributed by atoms with Gasteiger partial charge in [0.15, 0.2) is 22.4 Å². The van der Waals surface area contributed by atoms with Crippen LogP contribution in [0.15, 0.2) is 0 Å². The molecule has 4 nitrogen and oxygen atoms in total. The van der Waals surface area contributed by atoms with E-state index in [1.165, 1.54) is 0 Å². The van der Waals surface area contributed by atoms with Crippen LogP contribution in [0.2, 0.25) is 36.3 Å². The second-order valence-corrected chi connectivity index (χ2v) is 22.6. The molecule has 1 aliphatic heterocycles. The lowest BCUT2D eigenvalue weighted by Crippen LogP contribution is -2.61. The highest BCUT2D eigenvalue weighted by molar-refractivity contribution is 9.09. The van der Waals surface area contributed by atoms with Gasteiger partial charge in [0, 0.05) is 11.2 Å². The van der Waals surface area contributed by atoms with E-state index in [0.29, 0.717) is 5.92 Å². The highest BCUT2D eigenvalue weighted by Gasteiger charge is 2.57. The number of halogens is 1. The van der Waals surface area contributed by atoms with Crippen molar-refractivity contribution < 1.29 is 18.3 Å². The third-order valence-corrected chi connectivity index (χ3v) is 17.4. The SMILES string of the molecule is CC1(C)O[C@@H]2[C@H](O1)[C@H](CBr)C[C@H](O[Si](C)(C)C(C)(C)C)[C@H]2O[Si](C)(C)C(C)(C)C. The normalized spacial score (nSPS) is 33.6. The van der Waals surface area contributed by atoms with Gasteiger partial charge in [-0.15, -0.1) is 0 Å². The van der Waals surface area contributed by atoms with Crippen molar-refractivity contribution in [1.29, 1.82) is 0 Å². The zero-order valence-electron chi connectivity index (χ0n) is 20.8. The maximum Gasteiger partial charge on any atom is 0.192 e. The van der Waals surface area contributed by atoms with Crippen LogP contribution < -0.4 is 0 Å². The smallest absolute Gasteiger partial charge is 0.192 e. The first kappa shape index (κ1) is 26.0. The number of ether oxygens (including phenoxy) is 2. The molecule has 0 amide bonds. The van der Waals surface area contributed by atoms with E-state index < -0.39 is 22.4 Å². The van der Waals surface area contributed by atoms with E-state index in [-0.39, 0.29) is 34.5 Å². The van der Waals surface area contributed by atoms with Crippen molar-refractivity contribution in [3.63, 3.8) is 0 Å². The summed E-state index contributed by atoms with van der Waals surface area (Å²) in [5.41, 5.74) is 0. The van der Waals surface area contributed by atoms with Crippen LogP contribution in [0.5, 0.6) is 0 Å². The maximum atomic E-state index is 7.03. The number of hydrogen-bond acceptors (Lipinski definition) is 4. The molecule has 1 saturated heterocycles.